The van der Waals surface area contributed by atoms with Gasteiger partial charge >= 0.3 is 0 Å². The van der Waals surface area contributed by atoms with Crippen molar-refractivity contribution in [2.24, 2.45) is 0 Å². The molecule has 0 fully saturated rings. The summed E-state index contributed by atoms with van der Waals surface area (Å²) in [6, 6.07) is 6.62. The summed E-state index contributed by atoms with van der Waals surface area (Å²) in [5, 5.41) is 9.95. The molecule has 3 heteroatoms. The molecule has 87 valence electrons. The van der Waals surface area contributed by atoms with E-state index in [0.29, 0.717) is 0 Å². The number of hydrogen-bond acceptors (Lipinski definition) is 1. The third-order valence-corrected chi connectivity index (χ3v) is 3.32. The summed E-state index contributed by atoms with van der Waals surface area (Å²) >= 11 is 0. The fraction of sp³-hybridized carbons (Fsp3) is 0.357. The Morgan fingerprint density at radius 1 is 1.35 bits per heavy atom. The van der Waals surface area contributed by atoms with Gasteiger partial charge in [0.25, 0.3) is 0 Å². The van der Waals surface area contributed by atoms with Gasteiger partial charge < -0.3 is 0 Å². The maximum atomic E-state index is 4.38. The molecule has 0 aliphatic carbocycles. The molecular formula is C14H16N3. The third kappa shape index (κ3) is 1.87. The van der Waals surface area contributed by atoms with Crippen LogP contribution in [0.2, 0.25) is 0 Å². The van der Waals surface area contributed by atoms with E-state index in [1.54, 1.807) is 0 Å². The normalized spacial score (nSPS) is 16.2. The van der Waals surface area contributed by atoms with Crippen molar-refractivity contribution in [3.8, 4) is 0 Å². The van der Waals surface area contributed by atoms with Crippen LogP contribution in [0.3, 0.4) is 0 Å². The van der Waals surface area contributed by atoms with Crippen molar-refractivity contribution in [3.63, 3.8) is 0 Å². The number of benzene rings is 1. The molecule has 0 unspecified atom stereocenters. The Hall–Kier alpha value is -1.61. The van der Waals surface area contributed by atoms with Gasteiger partial charge in [0.05, 0.1) is 11.7 Å². The number of fused-ring (bicyclic) bond motifs is 1. The van der Waals surface area contributed by atoms with Gasteiger partial charge in [-0.3, -0.25) is 4.68 Å². The molecule has 2 aromatic rings. The summed E-state index contributed by atoms with van der Waals surface area (Å²) in [4.78, 5) is 0. The van der Waals surface area contributed by atoms with Crippen LogP contribution in [0.15, 0.2) is 30.5 Å². The second-order valence-corrected chi connectivity index (χ2v) is 4.34. The highest BCUT2D eigenvalue weighted by Crippen LogP contribution is 2.24. The summed E-state index contributed by atoms with van der Waals surface area (Å²) < 4.78 is 2.03. The first-order valence-electron chi connectivity index (χ1n) is 6.16. The summed E-state index contributed by atoms with van der Waals surface area (Å²) in [6.07, 6.45) is 5.25. The van der Waals surface area contributed by atoms with Crippen LogP contribution in [0, 0.1) is 0 Å². The fourth-order valence-electron chi connectivity index (χ4n) is 2.37. The summed E-state index contributed by atoms with van der Waals surface area (Å²) in [7, 11) is 0. The smallest absolute Gasteiger partial charge is 0.0682 e. The van der Waals surface area contributed by atoms with Crippen LogP contribution >= 0.6 is 0 Å². The van der Waals surface area contributed by atoms with Crippen molar-refractivity contribution in [2.75, 3.05) is 13.1 Å². The van der Waals surface area contributed by atoms with Crippen molar-refractivity contribution in [3.05, 3.63) is 36.0 Å². The predicted molar refractivity (Wildman–Crippen MR) is 69.9 cm³/mol. The van der Waals surface area contributed by atoms with Crippen LogP contribution in [-0.2, 0) is 6.54 Å². The molecule has 0 spiro atoms. The van der Waals surface area contributed by atoms with E-state index in [9.17, 15) is 0 Å². The fourth-order valence-corrected chi connectivity index (χ4v) is 2.37. The Kier molecular flexibility index (Phi) is 2.69. The first-order chi connectivity index (χ1) is 8.38. The highest BCUT2D eigenvalue weighted by molar-refractivity contribution is 5.83. The van der Waals surface area contributed by atoms with E-state index in [1.807, 2.05) is 10.9 Å². The lowest BCUT2D eigenvalue weighted by Gasteiger charge is -2.13. The maximum absolute atomic E-state index is 4.38. The van der Waals surface area contributed by atoms with Crippen molar-refractivity contribution in [2.45, 2.75) is 19.9 Å². The molecule has 0 N–H and O–H groups in total. The van der Waals surface area contributed by atoms with Crippen molar-refractivity contribution in [1.82, 2.24) is 15.1 Å². The molecule has 1 aromatic carbocycles. The number of aromatic nitrogens is 2. The van der Waals surface area contributed by atoms with Crippen molar-refractivity contribution >= 4 is 16.5 Å². The minimum absolute atomic E-state index is 0.863. The van der Waals surface area contributed by atoms with Crippen LogP contribution in [0.4, 0.5) is 0 Å². The Labute approximate surface area is 101 Å². The number of aryl methyl sites for hydroxylation is 1. The predicted octanol–water partition coefficient (Wildman–Crippen LogP) is 2.45. The largest absolute Gasteiger partial charge is 0.265 e. The Morgan fingerprint density at radius 2 is 2.29 bits per heavy atom. The molecule has 1 aliphatic heterocycles. The third-order valence-electron chi connectivity index (χ3n) is 3.32. The Morgan fingerprint density at radius 3 is 3.06 bits per heavy atom. The highest BCUT2D eigenvalue weighted by Gasteiger charge is 2.08. The van der Waals surface area contributed by atoms with Gasteiger partial charge in [0.1, 0.15) is 0 Å². The van der Waals surface area contributed by atoms with E-state index in [1.165, 1.54) is 22.0 Å². The van der Waals surface area contributed by atoms with Crippen LogP contribution in [0.1, 0.15) is 18.9 Å². The molecule has 17 heavy (non-hydrogen) atoms. The van der Waals surface area contributed by atoms with E-state index in [0.717, 1.165) is 26.1 Å². The zero-order valence-electron chi connectivity index (χ0n) is 10.1. The maximum Gasteiger partial charge on any atom is 0.0682 e. The Balaban J connectivity index is 2.04. The summed E-state index contributed by atoms with van der Waals surface area (Å²) in [5.74, 6) is 0. The van der Waals surface area contributed by atoms with Gasteiger partial charge in [-0.25, -0.2) is 5.32 Å². The van der Waals surface area contributed by atoms with Crippen LogP contribution in [0.5, 0.6) is 0 Å². The van der Waals surface area contributed by atoms with Gasteiger partial charge in [-0.2, -0.15) is 5.10 Å². The van der Waals surface area contributed by atoms with Gasteiger partial charge in [-0.05, 0) is 36.6 Å². The molecule has 0 saturated carbocycles. The standard InChI is InChI=1S/C14H16N3/c1-2-17-14-4-3-12(9-13(14)10-16-17)11-5-7-15-8-6-11/h3-5,9-10H,2,6-8H2,1H3. The van der Waals surface area contributed by atoms with E-state index in [2.05, 4.69) is 41.6 Å². The molecule has 2 heterocycles. The molecule has 3 rings (SSSR count). The van der Waals surface area contributed by atoms with Crippen LogP contribution in [-0.4, -0.2) is 22.9 Å². The first kappa shape index (κ1) is 10.5. The molecule has 1 aliphatic rings. The lowest BCUT2D eigenvalue weighted by Crippen LogP contribution is -2.12. The van der Waals surface area contributed by atoms with E-state index >= 15 is 0 Å². The lowest BCUT2D eigenvalue weighted by molar-refractivity contribution is 0.684. The average Bonchev–Trinajstić information content (AvgIpc) is 2.81. The molecule has 3 nitrogen and oxygen atoms in total. The molecule has 0 bridgehead atoms. The van der Waals surface area contributed by atoms with Crippen molar-refractivity contribution in [1.29, 1.82) is 0 Å². The van der Waals surface area contributed by atoms with Gasteiger partial charge in [0.15, 0.2) is 0 Å². The Bertz CT molecular complexity index is 566. The second-order valence-electron chi connectivity index (χ2n) is 4.34. The zero-order chi connectivity index (χ0) is 11.7. The number of nitrogens with zero attached hydrogens (tertiary/aromatic N) is 3. The number of hydrogen-bond donors (Lipinski definition) is 0. The minimum atomic E-state index is 0.863. The molecular weight excluding hydrogens is 210 g/mol. The van der Waals surface area contributed by atoms with E-state index in [-0.39, 0.29) is 0 Å². The van der Waals surface area contributed by atoms with Gasteiger partial charge in [-0.15, -0.1) is 0 Å². The zero-order valence-corrected chi connectivity index (χ0v) is 10.1. The van der Waals surface area contributed by atoms with E-state index < -0.39 is 0 Å². The lowest BCUT2D eigenvalue weighted by atomic mass is 9.99. The quantitative estimate of drug-likeness (QED) is 0.774. The number of rotatable bonds is 2. The van der Waals surface area contributed by atoms with E-state index in [4.69, 9.17) is 0 Å². The summed E-state index contributed by atoms with van der Waals surface area (Å²) in [6.45, 7) is 4.86. The average molecular weight is 226 g/mol. The van der Waals surface area contributed by atoms with Gasteiger partial charge in [-0.1, -0.05) is 12.1 Å². The van der Waals surface area contributed by atoms with Gasteiger partial charge in [0, 0.05) is 25.0 Å². The second kappa shape index (κ2) is 4.34. The monoisotopic (exact) mass is 226 g/mol. The first-order valence-corrected chi connectivity index (χ1v) is 6.16. The molecule has 1 aromatic heterocycles. The molecule has 1 radical (unpaired) electrons. The molecule has 0 saturated heterocycles. The highest BCUT2D eigenvalue weighted by atomic mass is 15.3. The summed E-state index contributed by atoms with van der Waals surface area (Å²) in [5.41, 5.74) is 3.96. The molecule has 0 atom stereocenters. The van der Waals surface area contributed by atoms with Crippen LogP contribution in [0.25, 0.3) is 16.5 Å². The van der Waals surface area contributed by atoms with Crippen molar-refractivity contribution < 1.29 is 0 Å². The molecule has 0 amide bonds. The van der Waals surface area contributed by atoms with Gasteiger partial charge in [0.2, 0.25) is 0 Å². The van der Waals surface area contributed by atoms with Crippen LogP contribution < -0.4 is 5.32 Å². The SMILES string of the molecule is CCn1ncc2cc(C3=CC[N]CC3)ccc21. The topological polar surface area (TPSA) is 31.9 Å². The minimum Gasteiger partial charge on any atom is -0.265 e.